The smallest absolute Gasteiger partial charge is 0.291 e. The summed E-state index contributed by atoms with van der Waals surface area (Å²) in [5.74, 6) is 0. The standard InChI is InChI=1S/C20H17N7OS2/c1-26-17-13(18-19(26)25-16(30-18)7-12(22)4-5-21)8-24-27(20(17)28)9-11-2-3-15-14(6-11)23-10-29-15/h2-6,8,10,22H,7,9,21H2,1H3/b5-4-,22-12?. The fourth-order valence-electron chi connectivity index (χ4n) is 3.53. The van der Waals surface area contributed by atoms with E-state index in [0.717, 1.165) is 36.5 Å². The zero-order valence-corrected chi connectivity index (χ0v) is 17.6. The minimum absolute atomic E-state index is 0.154. The van der Waals surface area contributed by atoms with Crippen LogP contribution in [0.3, 0.4) is 0 Å². The summed E-state index contributed by atoms with van der Waals surface area (Å²) in [5, 5.41) is 13.9. The summed E-state index contributed by atoms with van der Waals surface area (Å²) in [7, 11) is 1.84. The summed E-state index contributed by atoms with van der Waals surface area (Å²) < 4.78 is 5.32. The van der Waals surface area contributed by atoms with Gasteiger partial charge < -0.3 is 15.7 Å². The summed E-state index contributed by atoms with van der Waals surface area (Å²) >= 11 is 3.07. The SMILES string of the molecule is Cn1c2nc(CC(=N)/C=C\N)sc2c2cnn(Cc3ccc4scnc4c3)c(=O)c21. The van der Waals surface area contributed by atoms with Gasteiger partial charge in [0, 0.05) is 24.6 Å². The van der Waals surface area contributed by atoms with E-state index < -0.39 is 0 Å². The molecule has 0 amide bonds. The van der Waals surface area contributed by atoms with Gasteiger partial charge in [0.1, 0.15) is 10.5 Å². The van der Waals surface area contributed by atoms with Gasteiger partial charge in [-0.2, -0.15) is 5.10 Å². The molecule has 1 aromatic carbocycles. The molecule has 5 aromatic rings. The number of thiazole rings is 2. The van der Waals surface area contributed by atoms with Gasteiger partial charge >= 0.3 is 0 Å². The van der Waals surface area contributed by atoms with Crippen molar-refractivity contribution in [1.29, 1.82) is 5.41 Å². The molecule has 4 heterocycles. The molecule has 0 fully saturated rings. The number of fused-ring (bicyclic) bond motifs is 4. The van der Waals surface area contributed by atoms with Crippen molar-refractivity contribution in [3.63, 3.8) is 0 Å². The predicted molar refractivity (Wildman–Crippen MR) is 122 cm³/mol. The van der Waals surface area contributed by atoms with E-state index in [4.69, 9.17) is 11.1 Å². The molecule has 0 aliphatic carbocycles. The van der Waals surface area contributed by atoms with Crippen molar-refractivity contribution < 1.29 is 0 Å². The van der Waals surface area contributed by atoms with Gasteiger partial charge in [0.05, 0.1) is 33.2 Å². The van der Waals surface area contributed by atoms with Crippen LogP contribution in [-0.4, -0.2) is 30.0 Å². The van der Waals surface area contributed by atoms with Crippen LogP contribution in [0.15, 0.2) is 47.0 Å². The van der Waals surface area contributed by atoms with Crippen molar-refractivity contribution in [2.75, 3.05) is 0 Å². The van der Waals surface area contributed by atoms with Gasteiger partial charge in [-0.05, 0) is 30.0 Å². The average molecular weight is 436 g/mol. The second-order valence-electron chi connectivity index (χ2n) is 6.90. The molecule has 0 atom stereocenters. The number of nitrogens with zero attached hydrogens (tertiary/aromatic N) is 5. The summed E-state index contributed by atoms with van der Waals surface area (Å²) in [4.78, 5) is 22.1. The average Bonchev–Trinajstić information content (AvgIpc) is 3.40. The Morgan fingerprint density at radius 3 is 3.07 bits per heavy atom. The first kappa shape index (κ1) is 18.6. The van der Waals surface area contributed by atoms with Crippen molar-refractivity contribution >= 4 is 59.9 Å². The largest absolute Gasteiger partial charge is 0.405 e. The van der Waals surface area contributed by atoms with E-state index in [1.807, 2.05) is 35.3 Å². The highest BCUT2D eigenvalue weighted by Crippen LogP contribution is 2.31. The highest BCUT2D eigenvalue weighted by Gasteiger charge is 2.18. The van der Waals surface area contributed by atoms with E-state index in [-0.39, 0.29) is 5.56 Å². The van der Waals surface area contributed by atoms with Crippen LogP contribution in [0, 0.1) is 5.41 Å². The van der Waals surface area contributed by atoms with Gasteiger partial charge in [-0.1, -0.05) is 6.07 Å². The monoisotopic (exact) mass is 435 g/mol. The molecule has 10 heteroatoms. The number of benzene rings is 1. The minimum Gasteiger partial charge on any atom is -0.405 e. The molecule has 0 aliphatic heterocycles. The molecule has 8 nitrogen and oxygen atoms in total. The summed E-state index contributed by atoms with van der Waals surface area (Å²) in [5.41, 5.74) is 10.6. The lowest BCUT2D eigenvalue weighted by Crippen LogP contribution is -2.24. The molecular weight excluding hydrogens is 418 g/mol. The second-order valence-corrected chi connectivity index (χ2v) is 8.87. The third kappa shape index (κ3) is 3.01. The van der Waals surface area contributed by atoms with E-state index in [2.05, 4.69) is 15.1 Å². The van der Waals surface area contributed by atoms with Gasteiger partial charge in [-0.25, -0.2) is 14.6 Å². The summed E-state index contributed by atoms with van der Waals surface area (Å²) in [6.45, 7) is 0.377. The van der Waals surface area contributed by atoms with Gasteiger partial charge in [-0.15, -0.1) is 22.7 Å². The Morgan fingerprint density at radius 2 is 2.23 bits per heavy atom. The van der Waals surface area contributed by atoms with Crippen LogP contribution in [0.2, 0.25) is 0 Å². The maximum Gasteiger partial charge on any atom is 0.291 e. The number of aromatic nitrogens is 5. The first-order valence-electron chi connectivity index (χ1n) is 9.17. The highest BCUT2D eigenvalue weighted by atomic mass is 32.1. The Balaban J connectivity index is 1.55. The van der Waals surface area contributed by atoms with E-state index in [0.29, 0.717) is 24.2 Å². The lowest BCUT2D eigenvalue weighted by atomic mass is 10.2. The number of allylic oxidation sites excluding steroid dienone is 1. The van der Waals surface area contributed by atoms with E-state index in [9.17, 15) is 4.79 Å². The van der Waals surface area contributed by atoms with Crippen LogP contribution in [0.1, 0.15) is 10.6 Å². The first-order chi connectivity index (χ1) is 14.5. The maximum atomic E-state index is 13.2. The molecule has 0 spiro atoms. The molecule has 3 N–H and O–H groups in total. The summed E-state index contributed by atoms with van der Waals surface area (Å²) in [6, 6.07) is 6.01. The molecule has 0 bridgehead atoms. The fourth-order valence-corrected chi connectivity index (χ4v) is 5.32. The normalized spacial score (nSPS) is 12.0. The van der Waals surface area contributed by atoms with Crippen molar-refractivity contribution in [2.45, 2.75) is 13.0 Å². The molecule has 0 aliphatic rings. The Labute approximate surface area is 178 Å². The van der Waals surface area contributed by atoms with Crippen LogP contribution in [-0.2, 0) is 20.0 Å². The lowest BCUT2D eigenvalue weighted by Gasteiger charge is -2.06. The Hall–Kier alpha value is -3.37. The number of hydrogen-bond acceptors (Lipinski definition) is 8. The van der Waals surface area contributed by atoms with Crippen molar-refractivity contribution in [1.82, 2.24) is 24.3 Å². The number of nitrogens with two attached hydrogens (primary N) is 1. The van der Waals surface area contributed by atoms with Crippen molar-refractivity contribution in [3.8, 4) is 0 Å². The zero-order valence-electron chi connectivity index (χ0n) is 16.0. The number of nitrogens with one attached hydrogen (secondary N) is 1. The van der Waals surface area contributed by atoms with Crippen molar-refractivity contribution in [3.05, 3.63) is 63.1 Å². The third-order valence-electron chi connectivity index (χ3n) is 4.94. The number of rotatable bonds is 5. The Kier molecular flexibility index (Phi) is 4.44. The van der Waals surface area contributed by atoms with Crippen molar-refractivity contribution in [2.24, 2.45) is 12.8 Å². The molecule has 30 heavy (non-hydrogen) atoms. The molecule has 0 radical (unpaired) electrons. The molecular formula is C20H17N7OS2. The van der Waals surface area contributed by atoms with Gasteiger partial charge in [0.2, 0.25) is 0 Å². The number of hydrogen-bond donors (Lipinski definition) is 2. The molecule has 0 saturated carbocycles. The lowest BCUT2D eigenvalue weighted by molar-refractivity contribution is 0.644. The minimum atomic E-state index is -0.154. The van der Waals surface area contributed by atoms with E-state index in [1.54, 1.807) is 23.6 Å². The zero-order chi connectivity index (χ0) is 20.8. The Bertz CT molecular complexity index is 1520. The fraction of sp³-hybridized carbons (Fsp3) is 0.150. The van der Waals surface area contributed by atoms with Crippen LogP contribution < -0.4 is 11.3 Å². The second kappa shape index (κ2) is 7.15. The highest BCUT2D eigenvalue weighted by molar-refractivity contribution is 7.19. The molecule has 0 unspecified atom stereocenters. The first-order valence-corrected chi connectivity index (χ1v) is 10.9. The van der Waals surface area contributed by atoms with Gasteiger partial charge in [0.15, 0.2) is 5.65 Å². The topological polar surface area (TPSA) is 115 Å². The molecule has 150 valence electrons. The summed E-state index contributed by atoms with van der Waals surface area (Å²) in [6.07, 6.45) is 5.03. The maximum absolute atomic E-state index is 13.2. The van der Waals surface area contributed by atoms with Gasteiger partial charge in [0.25, 0.3) is 5.56 Å². The van der Waals surface area contributed by atoms with Crippen LogP contribution in [0.5, 0.6) is 0 Å². The van der Waals surface area contributed by atoms with Crippen LogP contribution in [0.25, 0.3) is 31.5 Å². The quantitative estimate of drug-likeness (QED) is 0.412. The molecule has 0 saturated heterocycles. The van der Waals surface area contributed by atoms with Gasteiger partial charge in [-0.3, -0.25) is 4.79 Å². The van der Waals surface area contributed by atoms with E-state index >= 15 is 0 Å². The number of aryl methyl sites for hydroxylation is 1. The molecule has 5 rings (SSSR count). The van der Waals surface area contributed by atoms with Crippen LogP contribution in [0.4, 0.5) is 0 Å². The molecule has 4 aromatic heterocycles. The predicted octanol–water partition coefficient (Wildman–Crippen LogP) is 3.04. The van der Waals surface area contributed by atoms with E-state index in [1.165, 1.54) is 22.2 Å². The Morgan fingerprint density at radius 1 is 1.37 bits per heavy atom. The third-order valence-corrected chi connectivity index (χ3v) is 6.82. The van der Waals surface area contributed by atoms with Crippen LogP contribution >= 0.6 is 22.7 Å².